The lowest BCUT2D eigenvalue weighted by atomic mass is 9.97. The van der Waals surface area contributed by atoms with Crippen molar-refractivity contribution >= 4 is 41.5 Å². The van der Waals surface area contributed by atoms with Crippen LogP contribution in [-0.2, 0) is 20.9 Å². The van der Waals surface area contributed by atoms with E-state index in [1.165, 1.54) is 0 Å². The number of ether oxygens (including phenoxy) is 2. The number of guanidine groups is 1. The number of carbonyl (C=O) groups is 1. The predicted octanol–water partition coefficient (Wildman–Crippen LogP) is 2.82. The van der Waals surface area contributed by atoms with Gasteiger partial charge in [-0.2, -0.15) is 0 Å². The molecule has 1 atom stereocenters. The van der Waals surface area contributed by atoms with E-state index in [1.807, 2.05) is 59.5 Å². The third-order valence-electron chi connectivity index (χ3n) is 4.85. The number of para-hydroxylation sites is 1. The molecule has 8 heteroatoms. The van der Waals surface area contributed by atoms with E-state index in [4.69, 9.17) is 15.2 Å². The summed E-state index contributed by atoms with van der Waals surface area (Å²) in [5.41, 5.74) is 8.88. The smallest absolute Gasteiger partial charge is 0.232 e. The quantitative estimate of drug-likeness (QED) is 0.331. The molecule has 0 bridgehead atoms. The van der Waals surface area contributed by atoms with Crippen LogP contribution in [0.1, 0.15) is 17.0 Å². The fourth-order valence-electron chi connectivity index (χ4n) is 3.31. The number of nitrogens with one attached hydrogen (secondary N) is 1. The number of aliphatic imine (C=N–C) groups is 1. The summed E-state index contributed by atoms with van der Waals surface area (Å²) in [6.07, 6.45) is 0. The standard InChI is InChI=1S/C22H28N4O3.HI/c1-28-16-18-9-5-6-10-20(18)25-22(23)24-15-19(17-7-3-2-4-8-17)21(27)26-11-13-29-14-12-26;/h2-10,19H,11-16H2,1H3,(H3,23,24,25);1H. The molecule has 1 fully saturated rings. The van der Waals surface area contributed by atoms with E-state index in [0.717, 1.165) is 16.8 Å². The van der Waals surface area contributed by atoms with Crippen LogP contribution in [0.15, 0.2) is 59.6 Å². The van der Waals surface area contributed by atoms with Gasteiger partial charge in [-0.15, -0.1) is 24.0 Å². The van der Waals surface area contributed by atoms with E-state index < -0.39 is 0 Å². The Bertz CT molecular complexity index is 826. The molecule has 1 aliphatic heterocycles. The van der Waals surface area contributed by atoms with Crippen LogP contribution in [0.2, 0.25) is 0 Å². The summed E-state index contributed by atoms with van der Waals surface area (Å²) in [5, 5.41) is 3.12. The van der Waals surface area contributed by atoms with Crippen LogP contribution in [-0.4, -0.2) is 56.7 Å². The van der Waals surface area contributed by atoms with Crippen molar-refractivity contribution in [2.24, 2.45) is 10.7 Å². The number of amides is 1. The summed E-state index contributed by atoms with van der Waals surface area (Å²) in [6.45, 7) is 3.07. The van der Waals surface area contributed by atoms with Gasteiger partial charge >= 0.3 is 0 Å². The molecule has 1 unspecified atom stereocenters. The highest BCUT2D eigenvalue weighted by molar-refractivity contribution is 14.0. The molecule has 162 valence electrons. The summed E-state index contributed by atoms with van der Waals surface area (Å²) in [4.78, 5) is 19.5. The van der Waals surface area contributed by atoms with Crippen LogP contribution >= 0.6 is 24.0 Å². The lowest BCUT2D eigenvalue weighted by Crippen LogP contribution is -2.43. The number of carbonyl (C=O) groups excluding carboxylic acids is 1. The second kappa shape index (κ2) is 12.5. The average Bonchev–Trinajstić information content (AvgIpc) is 2.76. The molecule has 2 aromatic carbocycles. The maximum Gasteiger partial charge on any atom is 0.232 e. The van der Waals surface area contributed by atoms with Crippen LogP contribution in [0.3, 0.4) is 0 Å². The molecule has 0 aromatic heterocycles. The largest absolute Gasteiger partial charge is 0.380 e. The first-order valence-corrected chi connectivity index (χ1v) is 9.74. The molecular weight excluding hydrogens is 495 g/mol. The number of nitrogens with zero attached hydrogens (tertiary/aromatic N) is 2. The predicted molar refractivity (Wildman–Crippen MR) is 129 cm³/mol. The number of nitrogens with two attached hydrogens (primary N) is 1. The Hall–Kier alpha value is -2.17. The molecule has 30 heavy (non-hydrogen) atoms. The normalized spacial score (nSPS) is 15.2. The van der Waals surface area contributed by atoms with Crippen molar-refractivity contribution in [2.45, 2.75) is 12.5 Å². The van der Waals surface area contributed by atoms with Gasteiger partial charge in [0.2, 0.25) is 5.91 Å². The maximum absolute atomic E-state index is 13.1. The van der Waals surface area contributed by atoms with E-state index >= 15 is 0 Å². The molecule has 3 N–H and O–H groups in total. The molecule has 1 saturated heterocycles. The molecule has 0 radical (unpaired) electrons. The van der Waals surface area contributed by atoms with Gasteiger partial charge in [-0.1, -0.05) is 48.5 Å². The number of halogens is 1. The minimum atomic E-state index is -0.385. The van der Waals surface area contributed by atoms with Gasteiger partial charge in [0.25, 0.3) is 0 Å². The van der Waals surface area contributed by atoms with Crippen LogP contribution in [0.5, 0.6) is 0 Å². The zero-order valence-electron chi connectivity index (χ0n) is 17.1. The Morgan fingerprint density at radius 2 is 1.83 bits per heavy atom. The summed E-state index contributed by atoms with van der Waals surface area (Å²) >= 11 is 0. The number of benzene rings is 2. The van der Waals surface area contributed by atoms with Gasteiger partial charge in [0.1, 0.15) is 0 Å². The van der Waals surface area contributed by atoms with Gasteiger partial charge in [0.05, 0.1) is 32.3 Å². The number of morpholine rings is 1. The summed E-state index contributed by atoms with van der Waals surface area (Å²) in [7, 11) is 1.65. The van der Waals surface area contributed by atoms with Gasteiger partial charge in [0.15, 0.2) is 5.96 Å². The summed E-state index contributed by atoms with van der Waals surface area (Å²) in [5.74, 6) is -0.0658. The van der Waals surface area contributed by atoms with Crippen LogP contribution in [0.25, 0.3) is 0 Å². The molecule has 0 saturated carbocycles. The molecule has 3 rings (SSSR count). The minimum absolute atomic E-state index is 0. The summed E-state index contributed by atoms with van der Waals surface area (Å²) in [6, 6.07) is 17.5. The SMILES string of the molecule is COCc1ccccc1NC(N)=NCC(C(=O)N1CCOCC1)c1ccccc1.I. The number of rotatable bonds is 7. The fourth-order valence-corrected chi connectivity index (χ4v) is 3.31. The molecule has 1 amide bonds. The van der Waals surface area contributed by atoms with Gasteiger partial charge in [-0.25, -0.2) is 0 Å². The van der Waals surface area contributed by atoms with E-state index in [-0.39, 0.29) is 48.3 Å². The molecular formula is C22H29IN4O3. The fraction of sp³-hybridized carbons (Fsp3) is 0.364. The van der Waals surface area contributed by atoms with Crippen LogP contribution in [0, 0.1) is 0 Å². The Labute approximate surface area is 194 Å². The monoisotopic (exact) mass is 524 g/mol. The van der Waals surface area contributed by atoms with Gasteiger partial charge < -0.3 is 25.4 Å². The minimum Gasteiger partial charge on any atom is -0.380 e. The number of methoxy groups -OCH3 is 1. The first kappa shape index (κ1) is 24.1. The van der Waals surface area contributed by atoms with Gasteiger partial charge in [0, 0.05) is 31.5 Å². The first-order valence-electron chi connectivity index (χ1n) is 9.74. The Kier molecular flexibility index (Phi) is 10.0. The van der Waals surface area contributed by atoms with E-state index in [9.17, 15) is 4.79 Å². The Morgan fingerprint density at radius 3 is 2.53 bits per heavy atom. The van der Waals surface area contributed by atoms with Crippen molar-refractivity contribution in [1.82, 2.24) is 4.90 Å². The molecule has 0 spiro atoms. The van der Waals surface area contributed by atoms with Crippen molar-refractivity contribution < 1.29 is 14.3 Å². The third-order valence-corrected chi connectivity index (χ3v) is 4.85. The Morgan fingerprint density at radius 1 is 1.17 bits per heavy atom. The van der Waals surface area contributed by atoms with Crippen molar-refractivity contribution in [3.8, 4) is 0 Å². The highest BCUT2D eigenvalue weighted by Gasteiger charge is 2.27. The van der Waals surface area contributed by atoms with Crippen LogP contribution in [0.4, 0.5) is 5.69 Å². The average molecular weight is 524 g/mol. The highest BCUT2D eigenvalue weighted by Crippen LogP contribution is 2.20. The van der Waals surface area contributed by atoms with E-state index in [0.29, 0.717) is 32.9 Å². The van der Waals surface area contributed by atoms with Gasteiger partial charge in [-0.3, -0.25) is 9.79 Å². The Balaban J connectivity index is 0.00000320. The number of hydrogen-bond donors (Lipinski definition) is 2. The maximum atomic E-state index is 13.1. The van der Waals surface area contributed by atoms with Gasteiger partial charge in [-0.05, 0) is 11.6 Å². The van der Waals surface area contributed by atoms with Crippen molar-refractivity contribution in [3.63, 3.8) is 0 Å². The molecule has 1 heterocycles. The second-order valence-corrected chi connectivity index (χ2v) is 6.84. The van der Waals surface area contributed by atoms with Crippen molar-refractivity contribution in [1.29, 1.82) is 0 Å². The van der Waals surface area contributed by atoms with Crippen LogP contribution < -0.4 is 11.1 Å². The lowest BCUT2D eigenvalue weighted by molar-refractivity contribution is -0.136. The number of anilines is 1. The van der Waals surface area contributed by atoms with Crippen molar-refractivity contribution in [2.75, 3.05) is 45.3 Å². The number of hydrogen-bond acceptors (Lipinski definition) is 4. The van der Waals surface area contributed by atoms with E-state index in [1.54, 1.807) is 7.11 Å². The second-order valence-electron chi connectivity index (χ2n) is 6.84. The highest BCUT2D eigenvalue weighted by atomic mass is 127. The topological polar surface area (TPSA) is 89.2 Å². The molecule has 1 aliphatic rings. The van der Waals surface area contributed by atoms with E-state index in [2.05, 4.69) is 10.3 Å². The third kappa shape index (κ3) is 6.68. The molecule has 7 nitrogen and oxygen atoms in total. The molecule has 0 aliphatic carbocycles. The van der Waals surface area contributed by atoms with Crippen molar-refractivity contribution in [3.05, 3.63) is 65.7 Å². The zero-order valence-corrected chi connectivity index (χ0v) is 19.5. The zero-order chi connectivity index (χ0) is 20.5. The lowest BCUT2D eigenvalue weighted by Gasteiger charge is -2.30. The first-order chi connectivity index (χ1) is 14.2. The summed E-state index contributed by atoms with van der Waals surface area (Å²) < 4.78 is 10.6. The molecule has 2 aromatic rings.